The van der Waals surface area contributed by atoms with E-state index in [1.54, 1.807) is 0 Å². The Balaban J connectivity index is 1.86. The van der Waals surface area contributed by atoms with Gasteiger partial charge < -0.3 is 10.6 Å². The minimum atomic E-state index is 0.146. The molecule has 0 radical (unpaired) electrons. The molecule has 1 atom stereocenters. The van der Waals surface area contributed by atoms with Crippen molar-refractivity contribution in [3.63, 3.8) is 0 Å². The largest absolute Gasteiger partial charge is 0.399 e. The van der Waals surface area contributed by atoms with E-state index in [2.05, 4.69) is 6.92 Å². The molecule has 3 rings (SSSR count). The van der Waals surface area contributed by atoms with Gasteiger partial charge in [0.1, 0.15) is 0 Å². The van der Waals surface area contributed by atoms with E-state index >= 15 is 0 Å². The monoisotopic (exact) mass is 266 g/mol. The van der Waals surface area contributed by atoms with Gasteiger partial charge >= 0.3 is 0 Å². The van der Waals surface area contributed by atoms with E-state index in [4.69, 9.17) is 5.73 Å². The summed E-state index contributed by atoms with van der Waals surface area (Å²) in [7, 11) is 0. The number of hydrogen-bond donors (Lipinski definition) is 1. The highest BCUT2D eigenvalue weighted by atomic mass is 16.2. The van der Waals surface area contributed by atoms with Crippen molar-refractivity contribution in [3.8, 4) is 0 Å². The molecule has 2 N–H and O–H groups in total. The zero-order valence-corrected chi connectivity index (χ0v) is 11.5. The molecule has 1 aliphatic rings. The maximum Gasteiger partial charge on any atom is 0.231 e. The molecule has 1 unspecified atom stereocenters. The Bertz CT molecular complexity index is 637. The van der Waals surface area contributed by atoms with Gasteiger partial charge in [-0.2, -0.15) is 0 Å². The molecular weight excluding hydrogens is 248 g/mol. The molecule has 2 aromatic rings. The second-order valence-electron chi connectivity index (χ2n) is 5.37. The first-order valence-electron chi connectivity index (χ1n) is 6.89. The number of carbonyl (C=O) groups excluding carboxylic acids is 1. The third-order valence-electron chi connectivity index (χ3n) is 3.79. The quantitative estimate of drug-likeness (QED) is 0.850. The number of nitrogens with two attached hydrogens (primary N) is 1. The molecule has 3 heteroatoms. The summed E-state index contributed by atoms with van der Waals surface area (Å²) in [4.78, 5) is 14.5. The highest BCUT2D eigenvalue weighted by Gasteiger charge is 2.30. The molecule has 1 amide bonds. The van der Waals surface area contributed by atoms with Gasteiger partial charge in [-0.3, -0.25) is 4.79 Å². The lowest BCUT2D eigenvalue weighted by atomic mass is 10.1. The van der Waals surface area contributed by atoms with Crippen molar-refractivity contribution in [2.45, 2.75) is 25.8 Å². The lowest BCUT2D eigenvalue weighted by Gasteiger charge is -2.23. The first kappa shape index (κ1) is 12.7. The number of amides is 1. The molecule has 2 aromatic carbocycles. The number of benzene rings is 2. The zero-order chi connectivity index (χ0) is 14.1. The molecule has 0 aromatic heterocycles. The minimum Gasteiger partial charge on any atom is -0.399 e. The third-order valence-corrected chi connectivity index (χ3v) is 3.79. The van der Waals surface area contributed by atoms with Crippen LogP contribution in [-0.4, -0.2) is 11.9 Å². The Hall–Kier alpha value is -2.29. The van der Waals surface area contributed by atoms with Crippen molar-refractivity contribution in [1.29, 1.82) is 0 Å². The van der Waals surface area contributed by atoms with Crippen molar-refractivity contribution in [2.24, 2.45) is 0 Å². The van der Waals surface area contributed by atoms with Crippen LogP contribution in [0.3, 0.4) is 0 Å². The Morgan fingerprint density at radius 3 is 2.75 bits per heavy atom. The van der Waals surface area contributed by atoms with Gasteiger partial charge in [-0.1, -0.05) is 30.3 Å². The molecule has 0 saturated heterocycles. The average Bonchev–Trinajstić information content (AvgIpc) is 2.74. The van der Waals surface area contributed by atoms with Gasteiger partial charge in [-0.25, -0.2) is 0 Å². The molecular formula is C17H18N2O. The number of nitrogens with zero attached hydrogens (tertiary/aromatic N) is 1. The molecule has 0 bridgehead atoms. The van der Waals surface area contributed by atoms with Crippen molar-refractivity contribution >= 4 is 17.3 Å². The highest BCUT2D eigenvalue weighted by Crippen LogP contribution is 2.33. The summed E-state index contributed by atoms with van der Waals surface area (Å²) in [5.41, 5.74) is 9.80. The molecule has 0 fully saturated rings. The number of nitrogen functional groups attached to an aromatic ring is 1. The van der Waals surface area contributed by atoms with Gasteiger partial charge in [0.05, 0.1) is 6.42 Å². The van der Waals surface area contributed by atoms with Crippen LogP contribution in [0, 0.1) is 0 Å². The Labute approximate surface area is 119 Å². The fourth-order valence-corrected chi connectivity index (χ4v) is 2.89. The van der Waals surface area contributed by atoms with E-state index in [1.807, 2.05) is 53.4 Å². The normalized spacial score (nSPS) is 17.1. The van der Waals surface area contributed by atoms with E-state index in [-0.39, 0.29) is 11.9 Å². The number of rotatable bonds is 2. The Kier molecular flexibility index (Phi) is 3.18. The van der Waals surface area contributed by atoms with Crippen LogP contribution in [-0.2, 0) is 17.6 Å². The molecule has 102 valence electrons. The van der Waals surface area contributed by atoms with Gasteiger partial charge in [0.2, 0.25) is 5.91 Å². The second-order valence-corrected chi connectivity index (χ2v) is 5.37. The van der Waals surface area contributed by atoms with Crippen LogP contribution in [0.5, 0.6) is 0 Å². The van der Waals surface area contributed by atoms with E-state index in [0.717, 1.165) is 23.4 Å². The second kappa shape index (κ2) is 5.00. The van der Waals surface area contributed by atoms with Crippen molar-refractivity contribution in [3.05, 3.63) is 59.7 Å². The summed E-state index contributed by atoms with van der Waals surface area (Å²) in [5.74, 6) is 0.146. The van der Waals surface area contributed by atoms with Crippen molar-refractivity contribution < 1.29 is 4.79 Å². The molecule has 0 spiro atoms. The number of hydrogen-bond acceptors (Lipinski definition) is 2. The van der Waals surface area contributed by atoms with Crippen LogP contribution in [0.15, 0.2) is 48.5 Å². The number of fused-ring (bicyclic) bond motifs is 1. The fourth-order valence-electron chi connectivity index (χ4n) is 2.89. The van der Waals surface area contributed by atoms with Gasteiger partial charge in [-0.05, 0) is 42.7 Å². The summed E-state index contributed by atoms with van der Waals surface area (Å²) < 4.78 is 0. The van der Waals surface area contributed by atoms with Crippen LogP contribution in [0.4, 0.5) is 11.4 Å². The molecule has 20 heavy (non-hydrogen) atoms. The van der Waals surface area contributed by atoms with Gasteiger partial charge in [0, 0.05) is 17.4 Å². The van der Waals surface area contributed by atoms with E-state index in [9.17, 15) is 4.79 Å². The maximum absolute atomic E-state index is 12.6. The number of carbonyl (C=O) groups is 1. The van der Waals surface area contributed by atoms with Crippen LogP contribution >= 0.6 is 0 Å². The maximum atomic E-state index is 12.6. The highest BCUT2D eigenvalue weighted by molar-refractivity contribution is 5.97. The van der Waals surface area contributed by atoms with Gasteiger partial charge in [0.25, 0.3) is 0 Å². The van der Waals surface area contributed by atoms with E-state index < -0.39 is 0 Å². The zero-order valence-electron chi connectivity index (χ0n) is 11.5. The summed E-state index contributed by atoms with van der Waals surface area (Å²) in [5, 5.41) is 0. The number of anilines is 2. The minimum absolute atomic E-state index is 0.146. The third kappa shape index (κ3) is 2.27. The van der Waals surface area contributed by atoms with Gasteiger partial charge in [-0.15, -0.1) is 0 Å². The van der Waals surface area contributed by atoms with Crippen LogP contribution < -0.4 is 10.6 Å². The van der Waals surface area contributed by atoms with Crippen molar-refractivity contribution in [2.75, 3.05) is 10.6 Å². The summed E-state index contributed by atoms with van der Waals surface area (Å²) in [6, 6.07) is 15.9. The lowest BCUT2D eigenvalue weighted by Crippen LogP contribution is -2.36. The SMILES string of the molecule is CC1Cc2cc(N)ccc2N1C(=O)Cc1ccccc1. The Morgan fingerprint density at radius 2 is 2.00 bits per heavy atom. The summed E-state index contributed by atoms with van der Waals surface area (Å²) in [6.07, 6.45) is 1.32. The fraction of sp³-hybridized carbons (Fsp3) is 0.235. The summed E-state index contributed by atoms with van der Waals surface area (Å²) >= 11 is 0. The van der Waals surface area contributed by atoms with Crippen LogP contribution in [0.2, 0.25) is 0 Å². The van der Waals surface area contributed by atoms with E-state index in [0.29, 0.717) is 6.42 Å². The molecule has 0 aliphatic carbocycles. The smallest absolute Gasteiger partial charge is 0.231 e. The Morgan fingerprint density at radius 1 is 1.25 bits per heavy atom. The first-order valence-corrected chi connectivity index (χ1v) is 6.89. The molecule has 3 nitrogen and oxygen atoms in total. The van der Waals surface area contributed by atoms with E-state index in [1.165, 1.54) is 5.56 Å². The average molecular weight is 266 g/mol. The van der Waals surface area contributed by atoms with Crippen LogP contribution in [0.25, 0.3) is 0 Å². The predicted molar refractivity (Wildman–Crippen MR) is 81.7 cm³/mol. The van der Waals surface area contributed by atoms with Crippen molar-refractivity contribution in [1.82, 2.24) is 0 Å². The van der Waals surface area contributed by atoms with Crippen LogP contribution in [0.1, 0.15) is 18.1 Å². The molecule has 1 aliphatic heterocycles. The van der Waals surface area contributed by atoms with Gasteiger partial charge in [0.15, 0.2) is 0 Å². The predicted octanol–water partition coefficient (Wildman–Crippen LogP) is 2.79. The molecule has 0 saturated carbocycles. The summed E-state index contributed by atoms with van der Waals surface area (Å²) in [6.45, 7) is 2.08. The standard InChI is InChI=1S/C17H18N2O/c1-12-9-14-11-15(18)7-8-16(14)19(12)17(20)10-13-5-3-2-4-6-13/h2-8,11-12H,9-10,18H2,1H3. The molecule has 1 heterocycles. The first-order chi connectivity index (χ1) is 9.65. The lowest BCUT2D eigenvalue weighted by molar-refractivity contribution is -0.118. The topological polar surface area (TPSA) is 46.3 Å².